The SMILES string of the molecule is COC1OC(CO)C(O)C(OC2CC(C(=O)NCCSSc3ncccc3[N+](=O)[O-])C(OC)C(O)C2O)C1NC(C)=O. The molecule has 6 N–H and O–H groups in total. The molecule has 1 saturated heterocycles. The van der Waals surface area contributed by atoms with E-state index in [0.29, 0.717) is 5.75 Å². The van der Waals surface area contributed by atoms with E-state index in [-0.39, 0.29) is 23.7 Å². The van der Waals surface area contributed by atoms with Gasteiger partial charge in [0.25, 0.3) is 0 Å². The zero-order valence-electron chi connectivity index (χ0n) is 23.1. The van der Waals surface area contributed by atoms with E-state index >= 15 is 0 Å². The Hall–Kier alpha value is -2.13. The van der Waals surface area contributed by atoms with Gasteiger partial charge in [-0.25, -0.2) is 4.98 Å². The van der Waals surface area contributed by atoms with Crippen LogP contribution in [0.3, 0.4) is 0 Å². The second-order valence-electron chi connectivity index (χ2n) is 9.62. The molecular weight excluding hydrogens is 600 g/mol. The molecule has 42 heavy (non-hydrogen) atoms. The van der Waals surface area contributed by atoms with Gasteiger partial charge in [0.1, 0.15) is 36.6 Å². The van der Waals surface area contributed by atoms with E-state index in [4.69, 9.17) is 18.9 Å². The van der Waals surface area contributed by atoms with Gasteiger partial charge in [-0.15, -0.1) is 0 Å². The quantitative estimate of drug-likeness (QED) is 0.0632. The van der Waals surface area contributed by atoms with Crippen molar-refractivity contribution in [3.63, 3.8) is 0 Å². The fourth-order valence-electron chi connectivity index (χ4n) is 4.92. The summed E-state index contributed by atoms with van der Waals surface area (Å²) in [5.74, 6) is -1.59. The Bertz CT molecular complexity index is 1070. The zero-order chi connectivity index (χ0) is 31.0. The first-order chi connectivity index (χ1) is 20.0. The summed E-state index contributed by atoms with van der Waals surface area (Å²) in [5.41, 5.74) is -0.125. The van der Waals surface area contributed by atoms with E-state index in [1.165, 1.54) is 50.3 Å². The van der Waals surface area contributed by atoms with Crippen molar-refractivity contribution in [3.05, 3.63) is 28.4 Å². The van der Waals surface area contributed by atoms with E-state index in [0.717, 1.165) is 10.8 Å². The highest BCUT2D eigenvalue weighted by Crippen LogP contribution is 2.36. The largest absolute Gasteiger partial charge is 0.394 e. The number of hydrogen-bond donors (Lipinski definition) is 6. The van der Waals surface area contributed by atoms with Crippen LogP contribution in [0.15, 0.2) is 23.4 Å². The maximum Gasteiger partial charge on any atom is 0.302 e. The zero-order valence-corrected chi connectivity index (χ0v) is 24.7. The van der Waals surface area contributed by atoms with Crippen molar-refractivity contribution in [2.24, 2.45) is 5.92 Å². The Morgan fingerprint density at radius 1 is 1.19 bits per heavy atom. The van der Waals surface area contributed by atoms with Crippen LogP contribution in [0.25, 0.3) is 0 Å². The molecule has 0 aromatic carbocycles. The molecule has 18 heteroatoms. The van der Waals surface area contributed by atoms with E-state index in [9.17, 15) is 40.1 Å². The first kappa shape index (κ1) is 34.4. The summed E-state index contributed by atoms with van der Waals surface area (Å²) < 4.78 is 22.2. The van der Waals surface area contributed by atoms with Crippen molar-refractivity contribution >= 4 is 39.1 Å². The highest BCUT2D eigenvalue weighted by atomic mass is 33.1. The summed E-state index contributed by atoms with van der Waals surface area (Å²) >= 11 is 0. The number of nitrogens with one attached hydrogen (secondary N) is 2. The van der Waals surface area contributed by atoms with Gasteiger partial charge in [-0.3, -0.25) is 19.7 Å². The molecule has 0 radical (unpaired) electrons. The molecule has 2 aliphatic rings. The fourth-order valence-corrected chi connectivity index (χ4v) is 6.86. The lowest BCUT2D eigenvalue weighted by molar-refractivity contribution is -0.388. The Balaban J connectivity index is 1.67. The minimum Gasteiger partial charge on any atom is -0.394 e. The van der Waals surface area contributed by atoms with E-state index in [2.05, 4.69) is 15.6 Å². The molecule has 0 bridgehead atoms. The lowest BCUT2D eigenvalue weighted by Crippen LogP contribution is -2.67. The van der Waals surface area contributed by atoms with E-state index in [1.807, 2.05) is 0 Å². The van der Waals surface area contributed by atoms with Crippen LogP contribution in [0.1, 0.15) is 13.3 Å². The monoisotopic (exact) mass is 636 g/mol. The number of nitrogens with zero attached hydrogens (tertiary/aromatic N) is 2. The molecule has 10 unspecified atom stereocenters. The summed E-state index contributed by atoms with van der Waals surface area (Å²) in [6.45, 7) is 0.820. The molecule has 1 aromatic rings. The predicted molar refractivity (Wildman–Crippen MR) is 148 cm³/mol. The first-order valence-electron chi connectivity index (χ1n) is 13.0. The summed E-state index contributed by atoms with van der Waals surface area (Å²) in [6.07, 6.45) is -8.97. The molecule has 3 rings (SSSR count). The predicted octanol–water partition coefficient (Wildman–Crippen LogP) is -1.41. The Morgan fingerprint density at radius 3 is 2.55 bits per heavy atom. The number of hydrogen-bond acceptors (Lipinski definition) is 15. The highest BCUT2D eigenvalue weighted by molar-refractivity contribution is 8.76. The number of aliphatic hydroxyl groups is 4. The van der Waals surface area contributed by atoms with Crippen molar-refractivity contribution in [2.45, 2.75) is 73.4 Å². The van der Waals surface area contributed by atoms with Crippen LogP contribution < -0.4 is 10.6 Å². The van der Waals surface area contributed by atoms with Crippen molar-refractivity contribution in [1.82, 2.24) is 15.6 Å². The third kappa shape index (κ3) is 8.28. The van der Waals surface area contributed by atoms with E-state index < -0.39 is 84.3 Å². The average molecular weight is 637 g/mol. The van der Waals surface area contributed by atoms with Crippen molar-refractivity contribution in [3.8, 4) is 0 Å². The molecule has 16 nitrogen and oxygen atoms in total. The van der Waals surface area contributed by atoms with Crippen LogP contribution in [0.5, 0.6) is 0 Å². The molecule has 2 fully saturated rings. The molecule has 10 atom stereocenters. The Labute approximate surface area is 249 Å². The van der Waals surface area contributed by atoms with Gasteiger partial charge in [0.15, 0.2) is 11.3 Å². The topological polar surface area (TPSA) is 232 Å². The number of methoxy groups -OCH3 is 2. The molecule has 0 spiro atoms. The maximum absolute atomic E-state index is 13.2. The number of aliphatic hydroxyl groups excluding tert-OH is 4. The lowest BCUT2D eigenvalue weighted by atomic mass is 9.79. The van der Waals surface area contributed by atoms with Gasteiger partial charge in [-0.05, 0) is 23.3 Å². The van der Waals surface area contributed by atoms with Gasteiger partial charge in [-0.1, -0.05) is 10.8 Å². The molecule has 2 amide bonds. The van der Waals surface area contributed by atoms with Crippen LogP contribution in [-0.4, -0.2) is 130 Å². The number of pyridine rings is 1. The van der Waals surface area contributed by atoms with Gasteiger partial charge < -0.3 is 50.0 Å². The number of carbonyl (C=O) groups excluding carboxylic acids is 2. The number of nitro groups is 1. The number of ether oxygens (including phenoxy) is 4. The Kier molecular flexibility index (Phi) is 13.2. The van der Waals surface area contributed by atoms with E-state index in [1.54, 1.807) is 0 Å². The number of rotatable bonds is 13. The summed E-state index contributed by atoms with van der Waals surface area (Å²) in [4.78, 5) is 39.7. The lowest BCUT2D eigenvalue weighted by Gasteiger charge is -2.47. The smallest absolute Gasteiger partial charge is 0.302 e. The summed E-state index contributed by atoms with van der Waals surface area (Å²) in [5, 5.41) is 58.9. The molecular formula is C24H36N4O12S2. The van der Waals surface area contributed by atoms with Crippen LogP contribution in [-0.2, 0) is 28.5 Å². The van der Waals surface area contributed by atoms with Gasteiger partial charge in [0.05, 0.1) is 29.7 Å². The standard InChI is InChI=1S/C24H36N4O12S2/c1-11(30)27-16-21(18(32)15(10-29)40-24(16)38-3)39-14-9-12(20(37-2)19(33)17(14)31)22(34)25-7-8-41-42-23-13(28(35)36)5-4-6-26-23/h4-6,12,14-21,24,29,31-33H,7-10H2,1-3H3,(H,25,34)(H,27,30). The molecule has 1 aliphatic carbocycles. The normalized spacial score (nSPS) is 33.1. The second kappa shape index (κ2) is 16.1. The fraction of sp³-hybridized carbons (Fsp3) is 0.708. The molecule has 236 valence electrons. The van der Waals surface area contributed by atoms with Crippen LogP contribution >= 0.6 is 21.6 Å². The Morgan fingerprint density at radius 2 is 1.93 bits per heavy atom. The van der Waals surface area contributed by atoms with Crippen LogP contribution in [0, 0.1) is 16.0 Å². The summed E-state index contributed by atoms with van der Waals surface area (Å²) in [7, 11) is 4.95. The van der Waals surface area contributed by atoms with Crippen LogP contribution in [0.2, 0.25) is 0 Å². The van der Waals surface area contributed by atoms with Crippen molar-refractivity contribution < 1.29 is 53.9 Å². The second-order valence-corrected chi connectivity index (χ2v) is 12.0. The summed E-state index contributed by atoms with van der Waals surface area (Å²) in [6, 6.07) is 1.77. The average Bonchev–Trinajstić information content (AvgIpc) is 2.96. The van der Waals surface area contributed by atoms with Gasteiger partial charge in [0.2, 0.25) is 11.8 Å². The molecule has 1 saturated carbocycles. The number of aromatic nitrogens is 1. The van der Waals surface area contributed by atoms with Gasteiger partial charge in [0, 0.05) is 45.7 Å². The highest BCUT2D eigenvalue weighted by Gasteiger charge is 2.52. The third-order valence-electron chi connectivity index (χ3n) is 6.92. The molecule has 1 aliphatic heterocycles. The molecule has 1 aromatic heterocycles. The van der Waals surface area contributed by atoms with Crippen molar-refractivity contribution in [2.75, 3.05) is 33.1 Å². The van der Waals surface area contributed by atoms with Gasteiger partial charge >= 0.3 is 5.69 Å². The number of carbonyl (C=O) groups is 2. The van der Waals surface area contributed by atoms with Crippen molar-refractivity contribution in [1.29, 1.82) is 0 Å². The maximum atomic E-state index is 13.2. The minimum absolute atomic E-state index is 0.122. The molecule has 2 heterocycles. The first-order valence-corrected chi connectivity index (χ1v) is 15.3. The van der Waals surface area contributed by atoms with Crippen LogP contribution in [0.4, 0.5) is 5.69 Å². The van der Waals surface area contributed by atoms with Gasteiger partial charge in [-0.2, -0.15) is 0 Å². The number of amides is 2. The third-order valence-corrected chi connectivity index (χ3v) is 9.21. The minimum atomic E-state index is -1.54.